The molecule has 0 radical (unpaired) electrons. The molecular formula is C14H15FN2O2S. The summed E-state index contributed by atoms with van der Waals surface area (Å²) in [7, 11) is 1.74. The van der Waals surface area contributed by atoms with E-state index in [0.717, 1.165) is 0 Å². The summed E-state index contributed by atoms with van der Waals surface area (Å²) >= 11 is 1.36. The van der Waals surface area contributed by atoms with E-state index >= 15 is 0 Å². The number of benzene rings is 1. The first-order valence-electron chi connectivity index (χ1n) is 6.20. The van der Waals surface area contributed by atoms with Gasteiger partial charge in [0, 0.05) is 12.4 Å². The second-order valence-electron chi connectivity index (χ2n) is 4.11. The van der Waals surface area contributed by atoms with Crippen LogP contribution < -0.4 is 4.90 Å². The molecule has 0 atom stereocenters. The Hall–Kier alpha value is -1.95. The molecule has 0 saturated heterocycles. The standard InChI is InChI=1S/C14H15FN2O2S/c1-3-19-13(18)8-10-9-20-14(16-10)17(2)12-7-5-4-6-11(12)15/h4-7,9H,3,8H2,1-2H3. The van der Waals surface area contributed by atoms with Crippen LogP contribution in [0.5, 0.6) is 0 Å². The maximum atomic E-state index is 13.7. The number of rotatable bonds is 5. The summed E-state index contributed by atoms with van der Waals surface area (Å²) in [6.45, 7) is 2.11. The third-order valence-electron chi connectivity index (χ3n) is 2.67. The average Bonchev–Trinajstić information content (AvgIpc) is 2.87. The van der Waals surface area contributed by atoms with E-state index in [2.05, 4.69) is 4.98 Å². The van der Waals surface area contributed by atoms with Gasteiger partial charge in [-0.3, -0.25) is 4.79 Å². The van der Waals surface area contributed by atoms with Crippen molar-refractivity contribution in [2.75, 3.05) is 18.6 Å². The van der Waals surface area contributed by atoms with Crippen LogP contribution in [-0.4, -0.2) is 24.6 Å². The van der Waals surface area contributed by atoms with Crippen molar-refractivity contribution in [3.05, 3.63) is 41.2 Å². The highest BCUT2D eigenvalue weighted by molar-refractivity contribution is 7.13. The average molecular weight is 294 g/mol. The van der Waals surface area contributed by atoms with Gasteiger partial charge in [0.05, 0.1) is 24.4 Å². The number of hydrogen-bond acceptors (Lipinski definition) is 5. The Kier molecular flexibility index (Phi) is 4.68. The predicted molar refractivity (Wildman–Crippen MR) is 76.9 cm³/mol. The van der Waals surface area contributed by atoms with Crippen molar-refractivity contribution in [2.24, 2.45) is 0 Å². The van der Waals surface area contributed by atoms with E-state index in [4.69, 9.17) is 4.74 Å². The van der Waals surface area contributed by atoms with Gasteiger partial charge in [0.15, 0.2) is 5.13 Å². The molecule has 1 aromatic carbocycles. The second-order valence-corrected chi connectivity index (χ2v) is 4.95. The number of halogens is 1. The van der Waals surface area contributed by atoms with E-state index in [0.29, 0.717) is 23.1 Å². The van der Waals surface area contributed by atoms with Crippen LogP contribution in [0.3, 0.4) is 0 Å². The van der Waals surface area contributed by atoms with Crippen molar-refractivity contribution in [1.29, 1.82) is 0 Å². The number of carbonyl (C=O) groups excluding carboxylic acids is 1. The highest BCUT2D eigenvalue weighted by Crippen LogP contribution is 2.28. The second kappa shape index (κ2) is 6.47. The Morgan fingerprint density at radius 3 is 2.90 bits per heavy atom. The SMILES string of the molecule is CCOC(=O)Cc1csc(N(C)c2ccccc2F)n1. The highest BCUT2D eigenvalue weighted by Gasteiger charge is 2.14. The smallest absolute Gasteiger partial charge is 0.311 e. The number of nitrogens with zero attached hydrogens (tertiary/aromatic N) is 2. The fraction of sp³-hybridized carbons (Fsp3) is 0.286. The van der Waals surface area contributed by atoms with Crippen molar-refractivity contribution >= 4 is 28.1 Å². The Morgan fingerprint density at radius 2 is 2.20 bits per heavy atom. The van der Waals surface area contributed by atoms with E-state index in [1.54, 1.807) is 42.5 Å². The Morgan fingerprint density at radius 1 is 1.45 bits per heavy atom. The summed E-state index contributed by atoms with van der Waals surface area (Å²) in [5.74, 6) is -0.616. The fourth-order valence-corrected chi connectivity index (χ4v) is 2.52. The van der Waals surface area contributed by atoms with Gasteiger partial charge in [0.1, 0.15) is 5.82 Å². The van der Waals surface area contributed by atoms with E-state index in [-0.39, 0.29) is 18.2 Å². The molecule has 0 aliphatic heterocycles. The zero-order valence-corrected chi connectivity index (χ0v) is 12.1. The molecule has 1 heterocycles. The van der Waals surface area contributed by atoms with Crippen LogP contribution >= 0.6 is 11.3 Å². The van der Waals surface area contributed by atoms with Crippen LogP contribution in [0.25, 0.3) is 0 Å². The highest BCUT2D eigenvalue weighted by atomic mass is 32.1. The molecule has 0 aliphatic carbocycles. The number of ether oxygens (including phenoxy) is 1. The molecule has 0 amide bonds. The number of thiazole rings is 1. The molecule has 2 rings (SSSR count). The van der Waals surface area contributed by atoms with Crippen LogP contribution in [0.2, 0.25) is 0 Å². The normalized spacial score (nSPS) is 10.3. The van der Waals surface area contributed by atoms with Crippen LogP contribution in [-0.2, 0) is 16.0 Å². The molecule has 106 valence electrons. The predicted octanol–water partition coefficient (Wildman–Crippen LogP) is 3.16. The Labute approximate surface area is 120 Å². The van der Waals surface area contributed by atoms with Gasteiger partial charge in [-0.05, 0) is 19.1 Å². The van der Waals surface area contributed by atoms with Crippen LogP contribution in [0.15, 0.2) is 29.6 Å². The molecule has 0 bridgehead atoms. The summed E-state index contributed by atoms with van der Waals surface area (Å²) in [6.07, 6.45) is 0.134. The van der Waals surface area contributed by atoms with E-state index in [1.165, 1.54) is 17.4 Å². The van der Waals surface area contributed by atoms with Gasteiger partial charge < -0.3 is 9.64 Å². The quantitative estimate of drug-likeness (QED) is 0.794. The van der Waals surface area contributed by atoms with Crippen molar-refractivity contribution in [2.45, 2.75) is 13.3 Å². The van der Waals surface area contributed by atoms with Crippen molar-refractivity contribution in [1.82, 2.24) is 4.98 Å². The lowest BCUT2D eigenvalue weighted by Gasteiger charge is -2.16. The minimum atomic E-state index is -0.308. The summed E-state index contributed by atoms with van der Waals surface area (Å²) < 4.78 is 18.6. The maximum absolute atomic E-state index is 13.7. The maximum Gasteiger partial charge on any atom is 0.311 e. The Balaban J connectivity index is 2.12. The topological polar surface area (TPSA) is 42.4 Å². The van der Waals surface area contributed by atoms with Crippen LogP contribution in [0, 0.1) is 5.82 Å². The first-order chi connectivity index (χ1) is 9.61. The van der Waals surface area contributed by atoms with Gasteiger partial charge in [-0.1, -0.05) is 12.1 Å². The molecule has 0 spiro atoms. The number of carbonyl (C=O) groups is 1. The fourth-order valence-electron chi connectivity index (χ4n) is 1.72. The molecule has 4 nitrogen and oxygen atoms in total. The molecule has 6 heteroatoms. The number of esters is 1. The summed E-state index contributed by atoms with van der Waals surface area (Å²) in [5, 5.41) is 2.42. The molecular weight excluding hydrogens is 279 g/mol. The van der Waals surface area contributed by atoms with Gasteiger partial charge >= 0.3 is 5.97 Å². The molecule has 0 aliphatic rings. The van der Waals surface area contributed by atoms with E-state index < -0.39 is 0 Å². The number of para-hydroxylation sites is 1. The van der Waals surface area contributed by atoms with Gasteiger partial charge in [-0.15, -0.1) is 11.3 Å². The summed E-state index contributed by atoms with van der Waals surface area (Å²) in [4.78, 5) is 17.4. The van der Waals surface area contributed by atoms with E-state index in [1.807, 2.05) is 0 Å². The first kappa shape index (κ1) is 14.5. The first-order valence-corrected chi connectivity index (χ1v) is 7.08. The zero-order valence-electron chi connectivity index (χ0n) is 11.3. The molecule has 1 aromatic heterocycles. The van der Waals surface area contributed by atoms with Gasteiger partial charge in [0.2, 0.25) is 0 Å². The molecule has 2 aromatic rings. The molecule has 0 fully saturated rings. The monoisotopic (exact) mass is 294 g/mol. The van der Waals surface area contributed by atoms with Gasteiger partial charge in [-0.2, -0.15) is 0 Å². The zero-order chi connectivity index (χ0) is 14.5. The molecule has 0 unspecified atom stereocenters. The van der Waals surface area contributed by atoms with Crippen molar-refractivity contribution < 1.29 is 13.9 Å². The minimum absolute atomic E-state index is 0.134. The number of anilines is 2. The third kappa shape index (κ3) is 3.33. The Bertz CT molecular complexity index is 600. The number of hydrogen-bond donors (Lipinski definition) is 0. The third-order valence-corrected chi connectivity index (χ3v) is 3.64. The lowest BCUT2D eigenvalue weighted by Crippen LogP contribution is -2.12. The largest absolute Gasteiger partial charge is 0.466 e. The lowest BCUT2D eigenvalue weighted by molar-refractivity contribution is -0.142. The van der Waals surface area contributed by atoms with Gasteiger partial charge in [-0.25, -0.2) is 9.37 Å². The van der Waals surface area contributed by atoms with Crippen molar-refractivity contribution in [3.8, 4) is 0 Å². The minimum Gasteiger partial charge on any atom is -0.466 e. The molecule has 20 heavy (non-hydrogen) atoms. The van der Waals surface area contributed by atoms with Crippen LogP contribution in [0.4, 0.5) is 15.2 Å². The molecule has 0 saturated carbocycles. The van der Waals surface area contributed by atoms with Crippen molar-refractivity contribution in [3.63, 3.8) is 0 Å². The van der Waals surface area contributed by atoms with E-state index in [9.17, 15) is 9.18 Å². The summed E-state index contributed by atoms with van der Waals surface area (Å²) in [5.41, 5.74) is 1.08. The number of aromatic nitrogens is 1. The summed E-state index contributed by atoms with van der Waals surface area (Å²) in [6, 6.07) is 6.49. The molecule has 0 N–H and O–H groups in total. The van der Waals surface area contributed by atoms with Gasteiger partial charge in [0.25, 0.3) is 0 Å². The lowest BCUT2D eigenvalue weighted by atomic mass is 10.3. The van der Waals surface area contributed by atoms with Crippen LogP contribution in [0.1, 0.15) is 12.6 Å².